The molecule has 0 aliphatic carbocycles. The molecule has 0 aromatic heterocycles. The van der Waals surface area contributed by atoms with Crippen LogP contribution >= 0.6 is 0 Å². The Morgan fingerprint density at radius 2 is 1.57 bits per heavy atom. The standard InChI is InChI=1S/C15H33N5O/c1-5-16-9-15(10-17-6-2,11-18-7-3)12-20-8-13(4)19-14(20)21/h13,16-18H,5-12H2,1-4H3,(H,19,21). The van der Waals surface area contributed by atoms with E-state index in [-0.39, 0.29) is 17.5 Å². The van der Waals surface area contributed by atoms with Crippen LogP contribution < -0.4 is 21.3 Å². The molecule has 0 radical (unpaired) electrons. The molecule has 0 spiro atoms. The summed E-state index contributed by atoms with van der Waals surface area (Å²) < 4.78 is 0. The van der Waals surface area contributed by atoms with Crippen LogP contribution in [0.1, 0.15) is 27.7 Å². The molecule has 21 heavy (non-hydrogen) atoms. The lowest BCUT2D eigenvalue weighted by Gasteiger charge is -2.37. The fraction of sp³-hybridized carbons (Fsp3) is 0.933. The number of urea groups is 1. The molecule has 0 aromatic rings. The van der Waals surface area contributed by atoms with Gasteiger partial charge in [-0.15, -0.1) is 0 Å². The van der Waals surface area contributed by atoms with E-state index in [1.165, 1.54) is 0 Å². The maximum atomic E-state index is 12.0. The molecule has 1 atom stereocenters. The van der Waals surface area contributed by atoms with Gasteiger partial charge in [-0.3, -0.25) is 0 Å². The SMILES string of the molecule is CCNCC(CNCC)(CNCC)CN1CC(C)NC1=O. The van der Waals surface area contributed by atoms with Crippen molar-refractivity contribution >= 4 is 6.03 Å². The molecule has 124 valence electrons. The van der Waals surface area contributed by atoms with Crippen molar-refractivity contribution in [3.05, 3.63) is 0 Å². The highest BCUT2D eigenvalue weighted by atomic mass is 16.2. The van der Waals surface area contributed by atoms with E-state index in [9.17, 15) is 4.79 Å². The Hall–Kier alpha value is -0.850. The van der Waals surface area contributed by atoms with E-state index in [4.69, 9.17) is 0 Å². The van der Waals surface area contributed by atoms with Gasteiger partial charge < -0.3 is 26.2 Å². The lowest BCUT2D eigenvalue weighted by molar-refractivity contribution is 0.161. The first-order valence-corrected chi connectivity index (χ1v) is 8.24. The van der Waals surface area contributed by atoms with E-state index >= 15 is 0 Å². The monoisotopic (exact) mass is 299 g/mol. The number of rotatable bonds is 11. The molecule has 4 N–H and O–H groups in total. The summed E-state index contributed by atoms with van der Waals surface area (Å²) in [6.45, 7) is 15.5. The first-order chi connectivity index (χ1) is 10.1. The van der Waals surface area contributed by atoms with Crippen molar-refractivity contribution < 1.29 is 4.79 Å². The van der Waals surface area contributed by atoms with E-state index < -0.39 is 0 Å². The van der Waals surface area contributed by atoms with Gasteiger partial charge in [0, 0.05) is 44.2 Å². The highest BCUT2D eigenvalue weighted by molar-refractivity contribution is 5.76. The third kappa shape index (κ3) is 5.80. The van der Waals surface area contributed by atoms with E-state index in [0.29, 0.717) is 0 Å². The molecule has 1 aliphatic rings. The number of carbonyl (C=O) groups excluding carboxylic acids is 1. The smallest absolute Gasteiger partial charge is 0.317 e. The van der Waals surface area contributed by atoms with Gasteiger partial charge in [0.05, 0.1) is 0 Å². The molecule has 1 rings (SSSR count). The second-order valence-electron chi connectivity index (χ2n) is 6.07. The van der Waals surface area contributed by atoms with E-state index in [0.717, 1.165) is 52.4 Å². The number of nitrogens with zero attached hydrogens (tertiary/aromatic N) is 1. The number of hydrogen-bond donors (Lipinski definition) is 4. The van der Waals surface area contributed by atoms with Crippen molar-refractivity contribution in [3.8, 4) is 0 Å². The lowest BCUT2D eigenvalue weighted by atomic mass is 9.86. The van der Waals surface area contributed by atoms with Crippen molar-refractivity contribution in [3.63, 3.8) is 0 Å². The first kappa shape index (κ1) is 18.2. The summed E-state index contributed by atoms with van der Waals surface area (Å²) in [5.41, 5.74) is 0.0173. The van der Waals surface area contributed by atoms with Gasteiger partial charge >= 0.3 is 6.03 Å². The van der Waals surface area contributed by atoms with Gasteiger partial charge in [0.2, 0.25) is 0 Å². The fourth-order valence-corrected chi connectivity index (χ4v) is 2.83. The lowest BCUT2D eigenvalue weighted by Crippen LogP contribution is -2.55. The van der Waals surface area contributed by atoms with E-state index in [1.54, 1.807) is 0 Å². The van der Waals surface area contributed by atoms with Crippen LogP contribution in [0.3, 0.4) is 0 Å². The quantitative estimate of drug-likeness (QED) is 0.440. The summed E-state index contributed by atoms with van der Waals surface area (Å²) in [5.74, 6) is 0. The number of carbonyl (C=O) groups is 1. The minimum atomic E-state index is 0.0173. The highest BCUT2D eigenvalue weighted by Gasteiger charge is 2.36. The van der Waals surface area contributed by atoms with Crippen molar-refractivity contribution in [2.75, 3.05) is 52.4 Å². The van der Waals surface area contributed by atoms with Gasteiger partial charge in [0.1, 0.15) is 0 Å². The van der Waals surface area contributed by atoms with Gasteiger partial charge in [-0.1, -0.05) is 20.8 Å². The van der Waals surface area contributed by atoms with Crippen molar-refractivity contribution in [2.24, 2.45) is 5.41 Å². The summed E-state index contributed by atoms with van der Waals surface area (Å²) in [5, 5.41) is 13.4. The van der Waals surface area contributed by atoms with Gasteiger partial charge in [-0.25, -0.2) is 4.79 Å². The van der Waals surface area contributed by atoms with Crippen LogP contribution in [-0.4, -0.2) is 69.3 Å². The molecule has 1 aliphatic heterocycles. The zero-order valence-electron chi connectivity index (χ0n) is 14.1. The molecular weight excluding hydrogens is 266 g/mol. The molecule has 6 heteroatoms. The molecular formula is C15H33N5O. The Morgan fingerprint density at radius 3 is 1.90 bits per heavy atom. The Bertz CT molecular complexity index is 289. The van der Waals surface area contributed by atoms with Gasteiger partial charge in [-0.2, -0.15) is 0 Å². The first-order valence-electron chi connectivity index (χ1n) is 8.24. The molecule has 1 heterocycles. The van der Waals surface area contributed by atoms with Crippen LogP contribution in [0.25, 0.3) is 0 Å². The van der Waals surface area contributed by atoms with Crippen LogP contribution in [0, 0.1) is 5.41 Å². The summed E-state index contributed by atoms with van der Waals surface area (Å²) in [6.07, 6.45) is 0. The second kappa shape index (κ2) is 9.23. The van der Waals surface area contributed by atoms with Crippen molar-refractivity contribution in [2.45, 2.75) is 33.7 Å². The van der Waals surface area contributed by atoms with Gasteiger partial charge in [0.15, 0.2) is 0 Å². The maximum absolute atomic E-state index is 12.0. The van der Waals surface area contributed by atoms with Gasteiger partial charge in [0.25, 0.3) is 0 Å². The Kier molecular flexibility index (Phi) is 8.00. The van der Waals surface area contributed by atoms with Crippen LogP contribution in [-0.2, 0) is 0 Å². The maximum Gasteiger partial charge on any atom is 0.317 e. The summed E-state index contributed by atoms with van der Waals surface area (Å²) in [4.78, 5) is 14.0. The van der Waals surface area contributed by atoms with Gasteiger partial charge in [-0.05, 0) is 26.6 Å². The molecule has 1 fully saturated rings. The van der Waals surface area contributed by atoms with Crippen molar-refractivity contribution in [1.29, 1.82) is 0 Å². The van der Waals surface area contributed by atoms with Crippen LogP contribution in [0.5, 0.6) is 0 Å². The molecule has 1 saturated heterocycles. The average Bonchev–Trinajstić information content (AvgIpc) is 2.78. The second-order valence-corrected chi connectivity index (χ2v) is 6.07. The minimum absolute atomic E-state index is 0.0173. The third-order valence-electron chi connectivity index (χ3n) is 3.93. The van der Waals surface area contributed by atoms with Crippen LogP contribution in [0.15, 0.2) is 0 Å². The predicted octanol–water partition coefficient (Wildman–Crippen LogP) is 0.215. The highest BCUT2D eigenvalue weighted by Crippen LogP contribution is 2.19. The van der Waals surface area contributed by atoms with Crippen LogP contribution in [0.2, 0.25) is 0 Å². The van der Waals surface area contributed by atoms with Crippen molar-refractivity contribution in [1.82, 2.24) is 26.2 Å². The zero-order chi connectivity index (χ0) is 15.7. The van der Waals surface area contributed by atoms with E-state index in [2.05, 4.69) is 49.0 Å². The topological polar surface area (TPSA) is 68.4 Å². The normalized spacial score (nSPS) is 19.1. The Labute approximate surface area is 129 Å². The predicted molar refractivity (Wildman–Crippen MR) is 87.6 cm³/mol. The largest absolute Gasteiger partial charge is 0.334 e. The summed E-state index contributed by atoms with van der Waals surface area (Å²) in [6, 6.07) is 0.309. The van der Waals surface area contributed by atoms with E-state index in [1.807, 2.05) is 4.90 Å². The number of amides is 2. The average molecular weight is 299 g/mol. The molecule has 0 bridgehead atoms. The fourth-order valence-electron chi connectivity index (χ4n) is 2.83. The number of hydrogen-bond acceptors (Lipinski definition) is 4. The molecule has 0 saturated carbocycles. The molecule has 0 aromatic carbocycles. The third-order valence-corrected chi connectivity index (χ3v) is 3.93. The molecule has 2 amide bonds. The number of nitrogens with one attached hydrogen (secondary N) is 4. The Balaban J connectivity index is 2.76. The molecule has 1 unspecified atom stereocenters. The zero-order valence-corrected chi connectivity index (χ0v) is 14.1. The van der Waals surface area contributed by atoms with Crippen LogP contribution in [0.4, 0.5) is 4.79 Å². The summed E-state index contributed by atoms with van der Waals surface area (Å²) >= 11 is 0. The minimum Gasteiger partial charge on any atom is -0.334 e. The Morgan fingerprint density at radius 1 is 1.10 bits per heavy atom. The summed E-state index contributed by atoms with van der Waals surface area (Å²) in [7, 11) is 0. The molecule has 6 nitrogen and oxygen atoms in total.